The molecule has 420 valence electrons. The molecule has 6 atom stereocenters. The van der Waals surface area contributed by atoms with Gasteiger partial charge in [-0.05, 0) is 71.2 Å². The summed E-state index contributed by atoms with van der Waals surface area (Å²) in [6.07, 6.45) is 0.0641. The van der Waals surface area contributed by atoms with Gasteiger partial charge in [0.15, 0.2) is 6.29 Å². The maximum absolute atomic E-state index is 13.7. The molecular weight excluding hydrogens is 991 g/mol. The molecule has 1 aliphatic heterocycles. The maximum atomic E-state index is 13.7. The molecule has 4 aromatic rings. The number of hydrogen-bond acceptors (Lipinski definition) is 15. The van der Waals surface area contributed by atoms with Crippen LogP contribution in [-0.2, 0) is 69.3 Å². The monoisotopic (exact) mass is 1070 g/mol. The molecule has 0 saturated carbocycles. The minimum Gasteiger partial charge on any atom is -0.497 e. The summed E-state index contributed by atoms with van der Waals surface area (Å²) in [7, 11) is 4.76. The summed E-state index contributed by atoms with van der Waals surface area (Å²) < 4.78 is 59.1. The number of nitrogens with zero attached hydrogens (tertiary/aromatic N) is 1. The second-order valence-corrected chi connectivity index (χ2v) is 18.9. The van der Waals surface area contributed by atoms with Crippen LogP contribution >= 0.6 is 0 Å². The summed E-state index contributed by atoms with van der Waals surface area (Å²) in [5.41, 5.74) is 2.32. The van der Waals surface area contributed by atoms with Gasteiger partial charge in [-0.2, -0.15) is 0 Å². The van der Waals surface area contributed by atoms with Crippen LogP contribution in [0.4, 0.5) is 4.79 Å². The molecule has 3 amide bonds. The smallest absolute Gasteiger partial charge is 0.410 e. The number of carbonyl (C=O) groups excluding carboxylic acids is 5. The number of unbranched alkanes of at least 4 members (excludes halogenated alkanes) is 1. The van der Waals surface area contributed by atoms with Crippen LogP contribution in [0.25, 0.3) is 0 Å². The molecule has 2 N–H and O–H groups in total. The molecule has 5 rings (SSSR count). The minimum atomic E-state index is -1.11. The number of nitrogens with one attached hydrogen (secondary N) is 2. The van der Waals surface area contributed by atoms with Crippen molar-refractivity contribution in [2.24, 2.45) is 17.8 Å². The van der Waals surface area contributed by atoms with Crippen LogP contribution in [0.5, 0.6) is 11.5 Å². The molecule has 0 aliphatic carbocycles. The van der Waals surface area contributed by atoms with Crippen molar-refractivity contribution in [1.29, 1.82) is 0 Å². The van der Waals surface area contributed by atoms with Gasteiger partial charge in [0.2, 0.25) is 11.8 Å². The van der Waals surface area contributed by atoms with Crippen molar-refractivity contribution in [3.05, 3.63) is 131 Å². The SMILES string of the molecule is CNC(=O)CCC(=O)OCC(CCCCN(CCOCCOCCOC1OC(COC(C)=O)C(C)C(C)C1NC(C)=O)C(=O)OCc1ccccc1)COC(c1ccccc1)(c1ccc(OC)cc1)c1ccc(OC)cc1. The highest BCUT2D eigenvalue weighted by molar-refractivity contribution is 5.81. The number of methoxy groups -OCH3 is 2. The summed E-state index contributed by atoms with van der Waals surface area (Å²) in [5.74, 6) is -0.317. The number of rotatable bonds is 33. The van der Waals surface area contributed by atoms with Crippen LogP contribution in [-0.4, -0.2) is 140 Å². The summed E-state index contributed by atoms with van der Waals surface area (Å²) in [6.45, 7) is 8.91. The largest absolute Gasteiger partial charge is 0.497 e. The minimum absolute atomic E-state index is 0.00459. The van der Waals surface area contributed by atoms with Crippen LogP contribution in [0.15, 0.2) is 109 Å². The number of benzene rings is 4. The van der Waals surface area contributed by atoms with Crippen LogP contribution < -0.4 is 20.1 Å². The Hall–Kier alpha value is -6.57. The van der Waals surface area contributed by atoms with Gasteiger partial charge in [0.1, 0.15) is 30.3 Å². The van der Waals surface area contributed by atoms with Crippen molar-refractivity contribution >= 4 is 29.8 Å². The van der Waals surface area contributed by atoms with Crippen molar-refractivity contribution in [3.8, 4) is 11.5 Å². The van der Waals surface area contributed by atoms with E-state index in [2.05, 4.69) is 10.6 Å². The Kier molecular flexibility index (Phi) is 26.2. The summed E-state index contributed by atoms with van der Waals surface area (Å²) in [5, 5.41) is 5.48. The average molecular weight is 1070 g/mol. The fraction of sp³-hybridized carbons (Fsp3) is 0.508. The number of hydrogen-bond donors (Lipinski definition) is 2. The molecule has 1 saturated heterocycles. The Morgan fingerprint density at radius 1 is 0.662 bits per heavy atom. The lowest BCUT2D eigenvalue weighted by Gasteiger charge is -2.44. The molecule has 6 unspecified atom stereocenters. The van der Waals surface area contributed by atoms with Gasteiger partial charge in [0.25, 0.3) is 0 Å². The van der Waals surface area contributed by atoms with Crippen LogP contribution in [0.2, 0.25) is 0 Å². The number of amides is 3. The zero-order chi connectivity index (χ0) is 55.4. The van der Waals surface area contributed by atoms with E-state index < -0.39 is 42.1 Å². The third-order valence-electron chi connectivity index (χ3n) is 13.6. The lowest BCUT2D eigenvalue weighted by atomic mass is 9.79. The average Bonchev–Trinajstić information content (AvgIpc) is 3.46. The van der Waals surface area contributed by atoms with E-state index in [4.69, 9.17) is 47.4 Å². The standard InChI is InChI=1S/C59H79N3O15/c1-42-43(2)56(61-44(3)63)57(77-53(42)41-73-45(4)64)72-37-36-71-35-34-70-33-32-62(58(67)75-38-46-16-10-8-11-17-46)31-15-14-18-47(39-74-55(66)30-29-54(65)60-5)40-76-59(48-19-12-9-13-20-48,49-21-25-51(68-6)26-22-49)50-23-27-52(69-7)28-24-50/h8-13,16-17,19-28,42-43,47,53,56-57H,14-15,18,29-41H2,1-7H3,(H,60,65)(H,61,63). The first-order chi connectivity index (χ1) is 37.3. The van der Waals surface area contributed by atoms with E-state index in [0.29, 0.717) is 37.3 Å². The predicted octanol–water partition coefficient (Wildman–Crippen LogP) is 7.62. The molecule has 0 bridgehead atoms. The Labute approximate surface area is 453 Å². The molecule has 1 fully saturated rings. The fourth-order valence-corrected chi connectivity index (χ4v) is 8.98. The first-order valence-corrected chi connectivity index (χ1v) is 26.4. The maximum Gasteiger partial charge on any atom is 0.410 e. The summed E-state index contributed by atoms with van der Waals surface area (Å²) in [6, 6.07) is 34.5. The molecule has 0 radical (unpaired) electrons. The van der Waals surface area contributed by atoms with Crippen LogP contribution in [0.1, 0.15) is 82.1 Å². The Balaban J connectivity index is 1.22. The van der Waals surface area contributed by atoms with Gasteiger partial charge in [-0.25, -0.2) is 4.79 Å². The molecule has 4 aromatic carbocycles. The molecule has 1 aliphatic rings. The molecule has 18 nitrogen and oxygen atoms in total. The molecule has 0 spiro atoms. The fourth-order valence-electron chi connectivity index (χ4n) is 8.98. The van der Waals surface area contributed by atoms with Crippen molar-refractivity contribution in [1.82, 2.24) is 15.5 Å². The van der Waals surface area contributed by atoms with Gasteiger partial charge < -0.3 is 62.9 Å². The van der Waals surface area contributed by atoms with Gasteiger partial charge >= 0.3 is 18.0 Å². The second-order valence-electron chi connectivity index (χ2n) is 18.9. The van der Waals surface area contributed by atoms with E-state index in [1.807, 2.05) is 123 Å². The molecular formula is C59H79N3O15. The van der Waals surface area contributed by atoms with E-state index in [0.717, 1.165) is 22.3 Å². The van der Waals surface area contributed by atoms with Crippen LogP contribution in [0.3, 0.4) is 0 Å². The highest BCUT2D eigenvalue weighted by Crippen LogP contribution is 2.42. The Bertz CT molecular complexity index is 2330. The second kappa shape index (κ2) is 32.9. The molecule has 0 aromatic heterocycles. The van der Waals surface area contributed by atoms with Gasteiger partial charge in [0, 0.05) is 46.3 Å². The van der Waals surface area contributed by atoms with Gasteiger partial charge in [-0.15, -0.1) is 0 Å². The first-order valence-electron chi connectivity index (χ1n) is 26.4. The molecule has 1 heterocycles. The summed E-state index contributed by atoms with van der Waals surface area (Å²) in [4.78, 5) is 63.8. The lowest BCUT2D eigenvalue weighted by molar-refractivity contribution is -0.247. The lowest BCUT2D eigenvalue weighted by Crippen LogP contribution is -2.58. The summed E-state index contributed by atoms with van der Waals surface area (Å²) >= 11 is 0. The third-order valence-corrected chi connectivity index (χ3v) is 13.6. The van der Waals surface area contributed by atoms with E-state index in [9.17, 15) is 24.0 Å². The van der Waals surface area contributed by atoms with E-state index >= 15 is 0 Å². The van der Waals surface area contributed by atoms with Crippen molar-refractivity contribution in [2.75, 3.05) is 87.2 Å². The van der Waals surface area contributed by atoms with E-state index in [-0.39, 0.29) is 108 Å². The van der Waals surface area contributed by atoms with Crippen molar-refractivity contribution in [2.45, 2.75) is 90.4 Å². The number of esters is 2. The number of ether oxygens (including phenoxy) is 10. The molecule has 77 heavy (non-hydrogen) atoms. The van der Waals surface area contributed by atoms with Crippen LogP contribution in [0, 0.1) is 17.8 Å². The van der Waals surface area contributed by atoms with Crippen molar-refractivity contribution in [3.63, 3.8) is 0 Å². The highest BCUT2D eigenvalue weighted by Gasteiger charge is 2.43. The zero-order valence-corrected chi connectivity index (χ0v) is 45.7. The number of carbonyl (C=O) groups is 5. The molecule has 18 heteroatoms. The Morgan fingerprint density at radius 3 is 1.86 bits per heavy atom. The quantitative estimate of drug-likeness (QED) is 0.0204. The normalized spacial score (nSPS) is 17.6. The highest BCUT2D eigenvalue weighted by atomic mass is 16.7. The van der Waals surface area contributed by atoms with Gasteiger partial charge in [-0.3, -0.25) is 19.2 Å². The van der Waals surface area contributed by atoms with Crippen molar-refractivity contribution < 1.29 is 71.3 Å². The van der Waals surface area contributed by atoms with Gasteiger partial charge in [-0.1, -0.05) is 105 Å². The van der Waals surface area contributed by atoms with Gasteiger partial charge in [0.05, 0.1) is 79.0 Å². The zero-order valence-electron chi connectivity index (χ0n) is 45.7. The Morgan fingerprint density at radius 2 is 1.26 bits per heavy atom. The predicted molar refractivity (Wildman–Crippen MR) is 287 cm³/mol. The van der Waals surface area contributed by atoms with E-state index in [1.165, 1.54) is 20.9 Å². The first kappa shape index (κ1) is 61.3. The topological polar surface area (TPSA) is 205 Å². The third kappa shape index (κ3) is 19.7. The van der Waals surface area contributed by atoms with E-state index in [1.54, 1.807) is 19.1 Å².